The molecule has 0 aromatic carbocycles. The van der Waals surface area contributed by atoms with Gasteiger partial charge in [-0.3, -0.25) is 52.7 Å². The first kappa shape index (κ1) is 105. The summed E-state index contributed by atoms with van der Waals surface area (Å²) in [5, 5.41) is 119. The largest absolute Gasteiger partial charge is 0.394 e. The lowest BCUT2D eigenvalue weighted by Gasteiger charge is -2.42. The van der Waals surface area contributed by atoms with Crippen molar-refractivity contribution in [2.24, 2.45) is 0 Å². The summed E-state index contributed by atoms with van der Waals surface area (Å²) in [6, 6.07) is -3.06. The Morgan fingerprint density at radius 1 is 0.387 bits per heavy atom. The molecule has 4 heterocycles. The van der Waals surface area contributed by atoms with Crippen LogP contribution >= 0.6 is 12.6 Å². The molecule has 4 saturated heterocycles. The van der Waals surface area contributed by atoms with Gasteiger partial charge in [-0.1, -0.05) is 39.0 Å². The van der Waals surface area contributed by atoms with Crippen LogP contribution in [0.2, 0.25) is 0 Å². The van der Waals surface area contributed by atoms with Gasteiger partial charge in [0.15, 0.2) is 18.9 Å². The van der Waals surface area contributed by atoms with Gasteiger partial charge in [-0.25, -0.2) is 0 Å². The number of hydrogen-bond acceptors (Lipinski definition) is 30. The van der Waals surface area contributed by atoms with Crippen LogP contribution in [0, 0.1) is 0 Å². The number of rotatable bonds is 63. The predicted octanol–water partition coefficient (Wildman–Crippen LogP) is -3.86. The number of unbranched alkanes of at least 4 members (excludes halogenated alkanes) is 8. The van der Waals surface area contributed by atoms with Gasteiger partial charge in [0, 0.05) is 149 Å². The number of likely N-dealkylation sites (tertiary alicyclic amines) is 1. The van der Waals surface area contributed by atoms with Gasteiger partial charge >= 0.3 is 0 Å². The maximum absolute atomic E-state index is 14.1. The highest BCUT2D eigenvalue weighted by molar-refractivity contribution is 7.81. The minimum Gasteiger partial charge on any atom is -0.394 e. The molecule has 4 fully saturated rings. The zero-order valence-electron chi connectivity index (χ0n) is 69.7. The van der Waals surface area contributed by atoms with E-state index in [9.17, 15) is 98.7 Å². The van der Waals surface area contributed by atoms with E-state index in [1.54, 1.807) is 0 Å². The standard InChI is InChI=1S/C78H139N11O29S/c1-5-21-53-42-54(119)43-89(53)65(103)26-11-9-7-6-8-10-25-64(102)88-78(47-110-39-27-61(99)82-33-18-30-79-58(96)22-12-15-36-113-75-66(85-50(2)93)72(107)69(104)55(44-90)116-75,48-111-40-28-62(100)83-34-19-31-80-59(97)23-13-16-37-114-76-67(86-51(3)94)73(108)70(105)56(45-91)117-76)49-112-41-29-63(101)84-35-20-32-81-60(98)24-14-17-38-115-77-68(87-52(4)95)74(109)71(106)57(46-92)118-77/h53-57,66-77,90-92,104-109,119H,5-49H2,1-4H3,(H,79,96)(H,80,97)(H,81,98)(H,82,99)(H,83,100)(H,84,101)(H,85,93)(H,86,94)(H,87,95)(H,88,102)/t53-,54?,55?,56?,57?,66?,67?,68?,69?,70?,71?,72?,73?,74?,75?,76?,77?,78?/m1/s1. The van der Waals surface area contributed by atoms with Crippen molar-refractivity contribution in [3.63, 3.8) is 0 Å². The zero-order valence-corrected chi connectivity index (χ0v) is 70.6. The molecule has 4 aliphatic heterocycles. The molecule has 0 aromatic heterocycles. The molecule has 40 nitrogen and oxygen atoms in total. The number of carbonyl (C=O) groups is 11. The van der Waals surface area contributed by atoms with Gasteiger partial charge in [-0.2, -0.15) is 12.6 Å². The van der Waals surface area contributed by atoms with Crippen LogP contribution in [0.4, 0.5) is 0 Å². The summed E-state index contributed by atoms with van der Waals surface area (Å²) >= 11 is 4.64. The van der Waals surface area contributed by atoms with Crippen LogP contribution in [0.15, 0.2) is 0 Å². The number of nitrogens with one attached hydrogen (secondary N) is 10. The second-order valence-electron chi connectivity index (χ2n) is 30.7. The first-order valence-corrected chi connectivity index (χ1v) is 42.7. The van der Waals surface area contributed by atoms with Crippen LogP contribution < -0.4 is 53.2 Å². The van der Waals surface area contributed by atoms with E-state index < -0.39 is 135 Å². The lowest BCUT2D eigenvalue weighted by atomic mass is 9.97. The molecule has 16 unspecified atom stereocenters. The molecule has 11 amide bonds. The molecule has 0 aliphatic carbocycles. The second-order valence-corrected chi connectivity index (χ2v) is 31.4. The van der Waals surface area contributed by atoms with Gasteiger partial charge < -0.3 is 147 Å². The molecule has 19 N–H and O–H groups in total. The number of hydrogen-bond donors (Lipinski definition) is 20. The summed E-state index contributed by atoms with van der Waals surface area (Å²) in [6.45, 7) is 5.15. The van der Waals surface area contributed by atoms with Gasteiger partial charge in [0.25, 0.3) is 0 Å². The van der Waals surface area contributed by atoms with Gasteiger partial charge in [-0.15, -0.1) is 0 Å². The lowest BCUT2D eigenvalue weighted by Crippen LogP contribution is -2.64. The van der Waals surface area contributed by atoms with Crippen LogP contribution in [-0.4, -0.2) is 350 Å². The molecule has 41 heteroatoms. The van der Waals surface area contributed by atoms with Crippen molar-refractivity contribution in [2.45, 2.75) is 303 Å². The van der Waals surface area contributed by atoms with Gasteiger partial charge in [0.05, 0.1) is 59.5 Å². The van der Waals surface area contributed by atoms with Gasteiger partial charge in [0.1, 0.15) is 78.6 Å². The van der Waals surface area contributed by atoms with E-state index in [0.717, 1.165) is 51.4 Å². The maximum Gasteiger partial charge on any atom is 0.222 e. The van der Waals surface area contributed by atoms with Crippen LogP contribution in [0.5, 0.6) is 0 Å². The molecule has 0 spiro atoms. The summed E-state index contributed by atoms with van der Waals surface area (Å²) in [7, 11) is 0. The predicted molar refractivity (Wildman–Crippen MR) is 429 cm³/mol. The molecule has 17 atom stereocenters. The maximum atomic E-state index is 14.1. The fraction of sp³-hybridized carbons (Fsp3) is 0.859. The third-order valence-corrected chi connectivity index (χ3v) is 20.7. The summed E-state index contributed by atoms with van der Waals surface area (Å²) < 4.78 is 52.3. The molecule has 4 rings (SSSR count). The fourth-order valence-electron chi connectivity index (χ4n) is 13.9. The van der Waals surface area contributed by atoms with Crippen LogP contribution in [0.25, 0.3) is 0 Å². The first-order valence-electron chi connectivity index (χ1n) is 42.2. The van der Waals surface area contributed by atoms with E-state index in [4.69, 9.17) is 42.6 Å². The Morgan fingerprint density at radius 2 is 0.681 bits per heavy atom. The smallest absolute Gasteiger partial charge is 0.222 e. The van der Waals surface area contributed by atoms with Crippen molar-refractivity contribution in [1.29, 1.82) is 0 Å². The molecule has 0 saturated carbocycles. The van der Waals surface area contributed by atoms with Crippen LogP contribution in [0.1, 0.15) is 195 Å². The van der Waals surface area contributed by atoms with Crippen molar-refractivity contribution in [3.8, 4) is 0 Å². The molecule has 4 aliphatic rings. The summed E-state index contributed by atoms with van der Waals surface area (Å²) in [6.07, 6.45) is -4.05. The van der Waals surface area contributed by atoms with Crippen molar-refractivity contribution >= 4 is 77.6 Å². The average Bonchev–Trinajstić information content (AvgIpc) is 1.65. The minimum absolute atomic E-state index is 0.0770. The van der Waals surface area contributed by atoms with Crippen molar-refractivity contribution in [2.75, 3.05) is 125 Å². The number of thiol groups is 1. The zero-order chi connectivity index (χ0) is 87.5. The number of carbonyl (C=O) groups excluding carboxylic acids is 11. The molecular formula is C78H139N11O29S. The van der Waals surface area contributed by atoms with E-state index in [0.29, 0.717) is 77.2 Å². The van der Waals surface area contributed by atoms with Crippen LogP contribution in [-0.2, 0) is 95.4 Å². The number of aliphatic hydroxyl groups is 9. The fourth-order valence-corrected chi connectivity index (χ4v) is 14.3. The molecule has 0 bridgehead atoms. The number of nitrogens with zero attached hydrogens (tertiary/aromatic N) is 1. The topological polar surface area (TPSA) is 576 Å². The summed E-state index contributed by atoms with van der Waals surface area (Å²) in [5.41, 5.74) is -1.43. The van der Waals surface area contributed by atoms with E-state index >= 15 is 0 Å². The highest BCUT2D eigenvalue weighted by Gasteiger charge is 2.48. The van der Waals surface area contributed by atoms with Crippen molar-refractivity contribution in [3.05, 3.63) is 0 Å². The third-order valence-electron chi connectivity index (χ3n) is 20.3. The number of amides is 11. The lowest BCUT2D eigenvalue weighted by molar-refractivity contribution is -0.270. The highest BCUT2D eigenvalue weighted by atomic mass is 32.1. The van der Waals surface area contributed by atoms with Crippen LogP contribution in [0.3, 0.4) is 0 Å². The molecule has 0 aromatic rings. The Balaban J connectivity index is 1.30. The monoisotopic (exact) mass is 1730 g/mol. The van der Waals surface area contributed by atoms with E-state index in [2.05, 4.69) is 72.7 Å². The van der Waals surface area contributed by atoms with E-state index in [1.165, 1.54) is 20.8 Å². The van der Waals surface area contributed by atoms with Crippen molar-refractivity contribution in [1.82, 2.24) is 58.1 Å². The quantitative estimate of drug-likeness (QED) is 0.0205. The van der Waals surface area contributed by atoms with Gasteiger partial charge in [0.2, 0.25) is 65.0 Å². The average molecular weight is 1730 g/mol. The Morgan fingerprint density at radius 3 is 0.992 bits per heavy atom. The Kier molecular flexibility index (Phi) is 53.3. The Hall–Kier alpha value is -6.20. The Labute approximate surface area is 702 Å². The third kappa shape index (κ3) is 42.2. The normalized spacial score (nSPS) is 25.4. The molecule has 119 heavy (non-hydrogen) atoms. The summed E-state index contributed by atoms with van der Waals surface area (Å²) in [5.74, 6) is -3.55. The van der Waals surface area contributed by atoms with Crippen molar-refractivity contribution < 1.29 is 141 Å². The Bertz CT molecular complexity index is 2740. The van der Waals surface area contributed by atoms with Gasteiger partial charge in [-0.05, 0) is 83.5 Å². The molecule has 0 radical (unpaired) electrons. The number of ether oxygens (including phenoxy) is 9. The first-order chi connectivity index (χ1) is 57.0. The summed E-state index contributed by atoms with van der Waals surface area (Å²) in [4.78, 5) is 142. The SMILES string of the molecule is CCC[C@@H]1CC(S)CN1C(=O)CCCCCCCCC(=O)NC(COCCC(=O)NCCCNC(=O)CCCCOC1OC(CO)C(O)C(O)C1NC(C)=O)(COCCC(=O)NCCCNC(=O)CCCCOC1OC(CO)C(O)C(O)C1NC(C)=O)COCCC(=O)NCCCNC(=O)CCCCOC1OC(CO)C(O)C(O)C1NC(C)=O. The van der Waals surface area contributed by atoms with E-state index in [-0.39, 0.29) is 202 Å². The molecular weight excluding hydrogens is 1590 g/mol. The second kappa shape index (κ2) is 60.4. The minimum atomic E-state index is -1.46. The number of aliphatic hydroxyl groups excluding tert-OH is 9. The van der Waals surface area contributed by atoms with E-state index in [1.807, 2.05) is 4.90 Å². The highest BCUT2D eigenvalue weighted by Crippen LogP contribution is 2.29. The molecule has 686 valence electrons.